The lowest BCUT2D eigenvalue weighted by Crippen LogP contribution is -2.02. The van der Waals surface area contributed by atoms with Crippen LogP contribution < -0.4 is 0 Å². The van der Waals surface area contributed by atoms with E-state index in [1.165, 1.54) is 391 Å². The Morgan fingerprint density at radius 1 is 0.125 bits per heavy atom. The molecule has 0 aromatic carbocycles. The van der Waals surface area contributed by atoms with E-state index in [2.05, 4.69) is 472 Å². The van der Waals surface area contributed by atoms with E-state index >= 15 is 0 Å². The normalized spacial score (nSPS) is 13.2. The van der Waals surface area contributed by atoms with Crippen LogP contribution in [-0.4, -0.2) is 0 Å². The Morgan fingerprint density at radius 2 is 0.250 bits per heavy atom. The molecule has 0 fully saturated rings. The highest BCUT2D eigenvalue weighted by Gasteiger charge is 2.07. The molecule has 1 unspecified atom stereocenters. The SMILES string of the molecule is CC(C)=CCC(C)C.CC(C)=CCC/C(C)=C/CC(C)C.CC(C)=CCC/C(C)=C/CC/C(C)=C/CC(C)C.CC(C)=CCC/C(C)=C/CC/C(C)=C/CC/C(C)=C/CC(C)C.CC(C)=CCC/C(C)=C/CC/C(C)=C/CC/C(C)=C/CC/C(C)=C/CC(C)C.CC(C)=CCC/C(C)=C/CC/C(C)=C/CC/C(C)=C/CC/C(C)=C/CC/C(C)=C/CC(C)C.CC(C)=CCCC(C)C(C)C.CC(C)=CCCCC(C)C. The van der Waals surface area contributed by atoms with Gasteiger partial charge in [0.25, 0.3) is 0 Å². The van der Waals surface area contributed by atoms with Crippen molar-refractivity contribution in [2.24, 2.45) is 53.3 Å². The van der Waals surface area contributed by atoms with Gasteiger partial charge in [0.1, 0.15) is 0 Å². The first-order chi connectivity index (χ1) is 67.3. The van der Waals surface area contributed by atoms with Gasteiger partial charge < -0.3 is 0 Å². The molecule has 834 valence electrons. The lowest BCUT2D eigenvalue weighted by atomic mass is 9.93. The molecule has 0 saturated carbocycles. The Morgan fingerprint density at radius 3 is 0.375 bits per heavy atom. The maximum Gasteiger partial charge on any atom is -0.0288 e. The van der Waals surface area contributed by atoms with Crippen molar-refractivity contribution in [3.63, 3.8) is 0 Å². The van der Waals surface area contributed by atoms with Gasteiger partial charge in [0.15, 0.2) is 0 Å². The van der Waals surface area contributed by atoms with Crippen molar-refractivity contribution in [2.45, 2.75) is 596 Å². The molecule has 0 rings (SSSR count). The van der Waals surface area contributed by atoms with Crippen LogP contribution in [0.2, 0.25) is 0 Å². The number of hydrogen-bond donors (Lipinski definition) is 0. The standard InChI is InChI=1S/C33H56.C28H48.C23H40.C18H32.C13H24.C11H22.C10H20.C8H16/c1-27(2)15-10-16-29(5)17-11-18-30(6)19-12-20-31(7)21-13-22-32(8)23-14-24-33(9)26-25-28(3)4;1-23(2)13-9-14-25(5)15-10-16-26(6)17-11-18-27(7)19-12-20-28(8)22-21-24(3)4;1-19(2)11-8-12-21(5)13-9-14-22(6)15-10-16-23(7)18-17-20(3)4;1-15(2)9-7-10-17(5)11-8-12-18(6)14-13-16(3)4;1-11(2)7-6-8-13(5)10-9-12(3)4;1-9(2)7-6-8-11(5)10(3)4;1-9(2)7-5-6-8-10(3)4;1-7(2)5-6-8(3)4/h15,17,19,21,23,26,28H,10-14,16,18,20,22,24-25H2,1-9H3;13,15,17,19,22,24H,9-12,14,16,18,20-21H2,1-8H3;11,13,15,18,20H,8-10,12,14,16-17H2,1-7H3;9,11,14,16H,7-8,10,12-13H2,1-6H3;7,10,12H,6,8-9H2,1-5H3;7,10-11H,6,8H2,1-5H3;7,10H,5-6,8H2,1-4H3;5,8H,6H2,1-4H3/b29-17+,30-19+,31-21+,32-23+,33-26+;25-15+,26-17+,27-19+,28-22+;21-13+,22-15+,23-18+;17-11+,18-14+;13-10+;;;. The number of rotatable bonds is 65. The summed E-state index contributed by atoms with van der Waals surface area (Å²) in [6.45, 7) is 108. The molecule has 0 aliphatic rings. The third-order valence-corrected chi connectivity index (χ3v) is 25.3. The second kappa shape index (κ2) is 107. The zero-order valence-corrected chi connectivity index (χ0v) is 107. The summed E-state index contributed by atoms with van der Waals surface area (Å²) in [6.07, 6.45) is 105. The molecule has 0 saturated heterocycles. The van der Waals surface area contributed by atoms with Gasteiger partial charge in [-0.1, -0.05) is 392 Å². The molecule has 0 bridgehead atoms. The molecule has 0 aliphatic carbocycles. The van der Waals surface area contributed by atoms with E-state index in [0.29, 0.717) is 0 Å². The third kappa shape index (κ3) is 144. The molecule has 0 amide bonds. The topological polar surface area (TPSA) is 0 Å². The monoisotopic (exact) mass is 1990 g/mol. The van der Waals surface area contributed by atoms with Gasteiger partial charge in [0, 0.05) is 0 Å². The van der Waals surface area contributed by atoms with Crippen molar-refractivity contribution >= 4 is 0 Å². The number of unbranched alkanes of at least 4 members (excludes halogenated alkanes) is 1. The Labute approximate surface area is 910 Å². The van der Waals surface area contributed by atoms with E-state index in [4.69, 9.17) is 0 Å². The number of hydrogen-bond acceptors (Lipinski definition) is 0. The smallest absolute Gasteiger partial charge is 0.0288 e. The van der Waals surface area contributed by atoms with Gasteiger partial charge in [-0.15, -0.1) is 0 Å². The van der Waals surface area contributed by atoms with Crippen molar-refractivity contribution < 1.29 is 0 Å². The molecule has 0 radical (unpaired) electrons. The van der Waals surface area contributed by atoms with Gasteiger partial charge in [-0.2, -0.15) is 0 Å². The third-order valence-electron chi connectivity index (χ3n) is 25.3. The van der Waals surface area contributed by atoms with Gasteiger partial charge >= 0.3 is 0 Å². The van der Waals surface area contributed by atoms with E-state index < -0.39 is 0 Å². The zero-order chi connectivity index (χ0) is 112. The van der Waals surface area contributed by atoms with Gasteiger partial charge in [0.05, 0.1) is 0 Å². The minimum atomic E-state index is 0.765. The average molecular weight is 1990 g/mol. The van der Waals surface area contributed by atoms with Crippen LogP contribution in [0.3, 0.4) is 0 Å². The van der Waals surface area contributed by atoms with Gasteiger partial charge in [-0.05, 0) is 525 Å². The van der Waals surface area contributed by atoms with Crippen molar-refractivity contribution in [1.82, 2.24) is 0 Å². The molecule has 1 atom stereocenters. The van der Waals surface area contributed by atoms with Crippen LogP contribution in [0, 0.1) is 53.3 Å². The van der Waals surface area contributed by atoms with Gasteiger partial charge in [0.2, 0.25) is 0 Å². The van der Waals surface area contributed by atoms with Crippen molar-refractivity contribution in [2.75, 3.05) is 0 Å². The summed E-state index contributed by atoms with van der Waals surface area (Å²) in [6, 6.07) is 0. The van der Waals surface area contributed by atoms with Crippen molar-refractivity contribution in [3.05, 3.63) is 268 Å². The van der Waals surface area contributed by atoms with Crippen LogP contribution in [0.25, 0.3) is 0 Å². The number of allylic oxidation sites excluding steroid dienone is 46. The van der Waals surface area contributed by atoms with Crippen LogP contribution in [-0.2, 0) is 0 Å². The first kappa shape index (κ1) is 153. The molecule has 0 aromatic rings. The summed E-state index contributed by atoms with van der Waals surface area (Å²) < 4.78 is 0. The molecule has 0 heteroatoms. The lowest BCUT2D eigenvalue weighted by molar-refractivity contribution is 0.395. The molecule has 0 nitrogen and oxygen atoms in total. The molecule has 0 heterocycles. The minimum Gasteiger partial charge on any atom is -0.0859 e. The van der Waals surface area contributed by atoms with Crippen LogP contribution in [0.1, 0.15) is 596 Å². The summed E-state index contributed by atoms with van der Waals surface area (Å²) in [5.41, 5.74) is 34.5. The molecular weight excluding hydrogens is 1730 g/mol. The van der Waals surface area contributed by atoms with Gasteiger partial charge in [-0.25, -0.2) is 0 Å². The Hall–Kier alpha value is -5.98. The Balaban J connectivity index is -0.000000255. The summed E-state index contributed by atoms with van der Waals surface area (Å²) >= 11 is 0. The highest BCUT2D eigenvalue weighted by atomic mass is 14.1. The highest BCUT2D eigenvalue weighted by Crippen LogP contribution is 2.24. The Bertz CT molecular complexity index is 3830. The minimum absolute atomic E-state index is 0.765. The molecule has 0 spiro atoms. The fourth-order valence-corrected chi connectivity index (χ4v) is 14.5. The van der Waals surface area contributed by atoms with E-state index in [-0.39, 0.29) is 0 Å². The quantitative estimate of drug-likeness (QED) is 0.0421. The van der Waals surface area contributed by atoms with Crippen molar-refractivity contribution in [3.8, 4) is 0 Å². The fraction of sp³-hybridized carbons (Fsp3) is 0.681. The highest BCUT2D eigenvalue weighted by molar-refractivity contribution is 5.15. The maximum absolute atomic E-state index is 2.45. The molecule has 144 heavy (non-hydrogen) atoms. The van der Waals surface area contributed by atoms with Crippen LogP contribution >= 0.6 is 0 Å². The second-order valence-corrected chi connectivity index (χ2v) is 49.0. The molecule has 0 N–H and O–H groups in total. The summed E-state index contributed by atoms with van der Waals surface area (Å²) in [4.78, 5) is 0. The maximum atomic E-state index is 2.45. The Kier molecular flexibility index (Phi) is 114. The van der Waals surface area contributed by atoms with E-state index in [1.54, 1.807) is 0 Å². The van der Waals surface area contributed by atoms with Crippen LogP contribution in [0.5, 0.6) is 0 Å². The van der Waals surface area contributed by atoms with E-state index in [0.717, 1.165) is 53.3 Å². The first-order valence-corrected chi connectivity index (χ1v) is 59.2. The first-order valence-electron chi connectivity index (χ1n) is 59.2. The molecular formula is C144H258. The predicted octanol–water partition coefficient (Wildman–Crippen LogP) is 51.7. The van der Waals surface area contributed by atoms with E-state index in [1.807, 2.05) is 0 Å². The van der Waals surface area contributed by atoms with Crippen molar-refractivity contribution in [1.29, 1.82) is 0 Å². The van der Waals surface area contributed by atoms with Gasteiger partial charge in [-0.3, -0.25) is 0 Å². The van der Waals surface area contributed by atoms with Crippen LogP contribution in [0.15, 0.2) is 268 Å². The lowest BCUT2D eigenvalue weighted by Gasteiger charge is -2.13. The van der Waals surface area contributed by atoms with E-state index in [9.17, 15) is 0 Å². The summed E-state index contributed by atoms with van der Waals surface area (Å²) in [5.74, 6) is 7.25. The summed E-state index contributed by atoms with van der Waals surface area (Å²) in [5, 5.41) is 0. The molecule has 0 aromatic heterocycles. The van der Waals surface area contributed by atoms with Crippen LogP contribution in [0.4, 0.5) is 0 Å². The second-order valence-electron chi connectivity index (χ2n) is 49.0. The molecule has 0 aliphatic heterocycles. The predicted molar refractivity (Wildman–Crippen MR) is 679 cm³/mol. The summed E-state index contributed by atoms with van der Waals surface area (Å²) in [7, 11) is 0. The fourth-order valence-electron chi connectivity index (χ4n) is 14.5. The zero-order valence-electron chi connectivity index (χ0n) is 107. The largest absolute Gasteiger partial charge is 0.0859 e. The average Bonchev–Trinajstić information content (AvgIpc) is 0.994.